The maximum Gasteiger partial charge on any atom is 0.231 e. The summed E-state index contributed by atoms with van der Waals surface area (Å²) < 4.78 is 0. The zero-order valence-electron chi connectivity index (χ0n) is 12.0. The highest BCUT2D eigenvalue weighted by Crippen LogP contribution is 2.21. The van der Waals surface area contributed by atoms with Gasteiger partial charge in [-0.25, -0.2) is 0 Å². The van der Waals surface area contributed by atoms with Gasteiger partial charge < -0.3 is 9.80 Å². The summed E-state index contributed by atoms with van der Waals surface area (Å²) in [6.07, 6.45) is 2.51. The van der Waals surface area contributed by atoms with Crippen molar-refractivity contribution in [2.45, 2.75) is 19.3 Å². The van der Waals surface area contributed by atoms with Crippen LogP contribution in [0.4, 0.5) is 5.69 Å². The predicted molar refractivity (Wildman–Crippen MR) is 79.2 cm³/mol. The predicted octanol–water partition coefficient (Wildman–Crippen LogP) is 2.28. The molecule has 2 rings (SSSR count). The number of piperidine rings is 1. The molecule has 1 saturated heterocycles. The highest BCUT2D eigenvalue weighted by atomic mass is 16.2. The molecule has 0 spiro atoms. The molecule has 0 aromatic heterocycles. The van der Waals surface area contributed by atoms with Crippen LogP contribution in [-0.4, -0.2) is 37.5 Å². The number of amides is 1. The molecule has 1 aromatic rings. The number of carbonyl (C=O) groups is 1. The van der Waals surface area contributed by atoms with Crippen LogP contribution in [0.25, 0.3) is 0 Å². The van der Waals surface area contributed by atoms with Crippen molar-refractivity contribution in [2.24, 2.45) is 5.92 Å². The smallest absolute Gasteiger partial charge is 0.231 e. The van der Waals surface area contributed by atoms with Crippen LogP contribution in [0.2, 0.25) is 0 Å². The van der Waals surface area contributed by atoms with Crippen molar-refractivity contribution in [1.82, 2.24) is 4.90 Å². The Hall–Kier alpha value is -1.86. The second-order valence-electron chi connectivity index (χ2n) is 5.28. The number of hydrogen-bond acceptors (Lipinski definition) is 3. The lowest BCUT2D eigenvalue weighted by atomic mass is 9.96. The van der Waals surface area contributed by atoms with Gasteiger partial charge in [0.15, 0.2) is 0 Å². The van der Waals surface area contributed by atoms with Crippen LogP contribution in [0, 0.1) is 17.2 Å². The van der Waals surface area contributed by atoms with E-state index in [4.69, 9.17) is 5.26 Å². The fraction of sp³-hybridized carbons (Fsp3) is 0.500. The van der Waals surface area contributed by atoms with E-state index < -0.39 is 0 Å². The molecule has 0 radical (unpaired) electrons. The first kappa shape index (κ1) is 14.5. The Morgan fingerprint density at radius 3 is 2.90 bits per heavy atom. The summed E-state index contributed by atoms with van der Waals surface area (Å²) in [7, 11) is 1.84. The summed E-state index contributed by atoms with van der Waals surface area (Å²) in [5, 5.41) is 8.66. The zero-order valence-corrected chi connectivity index (χ0v) is 12.0. The van der Waals surface area contributed by atoms with E-state index in [-0.39, 0.29) is 11.8 Å². The third-order valence-electron chi connectivity index (χ3n) is 3.87. The van der Waals surface area contributed by atoms with Gasteiger partial charge in [-0.1, -0.05) is 18.2 Å². The van der Waals surface area contributed by atoms with Crippen LogP contribution in [0.5, 0.6) is 0 Å². The third kappa shape index (κ3) is 3.58. The Balaban J connectivity index is 1.96. The van der Waals surface area contributed by atoms with Gasteiger partial charge in [-0.2, -0.15) is 5.26 Å². The molecule has 0 N–H and O–H groups in total. The fourth-order valence-corrected chi connectivity index (χ4v) is 2.72. The SMILES string of the molecule is CN(C(=O)C1CCCN(CCC#N)C1)c1ccccc1. The molecule has 4 nitrogen and oxygen atoms in total. The van der Waals surface area contributed by atoms with Gasteiger partial charge in [0.05, 0.1) is 12.0 Å². The lowest BCUT2D eigenvalue weighted by Crippen LogP contribution is -2.44. The summed E-state index contributed by atoms with van der Waals surface area (Å²) in [5.74, 6) is 0.227. The van der Waals surface area contributed by atoms with Crippen molar-refractivity contribution in [3.63, 3.8) is 0 Å². The minimum absolute atomic E-state index is 0.0487. The van der Waals surface area contributed by atoms with E-state index in [1.165, 1.54) is 0 Å². The first-order valence-corrected chi connectivity index (χ1v) is 7.14. The average molecular weight is 271 g/mol. The number of hydrogen-bond donors (Lipinski definition) is 0. The number of likely N-dealkylation sites (tertiary alicyclic amines) is 1. The Kier molecular flexibility index (Phi) is 5.14. The van der Waals surface area contributed by atoms with Gasteiger partial charge in [-0.3, -0.25) is 4.79 Å². The Bertz CT molecular complexity index is 480. The van der Waals surface area contributed by atoms with Crippen LogP contribution in [0.1, 0.15) is 19.3 Å². The average Bonchev–Trinajstić information content (AvgIpc) is 2.52. The summed E-state index contributed by atoms with van der Waals surface area (Å²) in [5.41, 5.74) is 0.937. The summed E-state index contributed by atoms with van der Waals surface area (Å²) in [6, 6.07) is 11.9. The molecule has 0 saturated carbocycles. The summed E-state index contributed by atoms with van der Waals surface area (Å²) in [4.78, 5) is 16.5. The van der Waals surface area contributed by atoms with E-state index in [0.29, 0.717) is 6.42 Å². The minimum atomic E-state index is 0.0487. The van der Waals surface area contributed by atoms with Crippen molar-refractivity contribution in [1.29, 1.82) is 5.26 Å². The highest BCUT2D eigenvalue weighted by molar-refractivity contribution is 5.94. The zero-order chi connectivity index (χ0) is 14.4. The van der Waals surface area contributed by atoms with Crippen molar-refractivity contribution < 1.29 is 4.79 Å². The van der Waals surface area contributed by atoms with Gasteiger partial charge in [0.25, 0.3) is 0 Å². The highest BCUT2D eigenvalue weighted by Gasteiger charge is 2.28. The normalized spacial score (nSPS) is 19.3. The molecule has 20 heavy (non-hydrogen) atoms. The summed E-state index contributed by atoms with van der Waals surface area (Å²) in [6.45, 7) is 2.55. The molecule has 106 valence electrons. The van der Waals surface area contributed by atoms with E-state index >= 15 is 0 Å². The van der Waals surface area contributed by atoms with E-state index in [9.17, 15) is 4.79 Å². The minimum Gasteiger partial charge on any atom is -0.315 e. The molecule has 1 amide bonds. The third-order valence-corrected chi connectivity index (χ3v) is 3.87. The van der Waals surface area contributed by atoms with E-state index in [1.807, 2.05) is 37.4 Å². The van der Waals surface area contributed by atoms with Gasteiger partial charge in [0, 0.05) is 32.2 Å². The van der Waals surface area contributed by atoms with Gasteiger partial charge in [-0.05, 0) is 31.5 Å². The molecule has 1 atom stereocenters. The standard InChI is InChI=1S/C16H21N3O/c1-18(15-8-3-2-4-9-15)16(20)14-7-5-11-19(13-14)12-6-10-17/h2-4,8-9,14H,5-7,11-13H2,1H3. The van der Waals surface area contributed by atoms with Crippen LogP contribution in [-0.2, 0) is 4.79 Å². The quantitative estimate of drug-likeness (QED) is 0.844. The monoisotopic (exact) mass is 271 g/mol. The second kappa shape index (κ2) is 7.06. The van der Waals surface area contributed by atoms with Gasteiger partial charge in [0.1, 0.15) is 0 Å². The molecular formula is C16H21N3O. The van der Waals surface area contributed by atoms with Crippen molar-refractivity contribution in [3.8, 4) is 6.07 Å². The van der Waals surface area contributed by atoms with Crippen molar-refractivity contribution >= 4 is 11.6 Å². The molecule has 1 heterocycles. The largest absolute Gasteiger partial charge is 0.315 e. The van der Waals surface area contributed by atoms with Gasteiger partial charge in [-0.15, -0.1) is 0 Å². The number of benzene rings is 1. The van der Waals surface area contributed by atoms with E-state index in [2.05, 4.69) is 11.0 Å². The number of para-hydroxylation sites is 1. The topological polar surface area (TPSA) is 47.3 Å². The Morgan fingerprint density at radius 1 is 1.45 bits per heavy atom. The first-order chi connectivity index (χ1) is 9.72. The maximum atomic E-state index is 12.6. The van der Waals surface area contributed by atoms with Crippen molar-refractivity contribution in [3.05, 3.63) is 30.3 Å². The summed E-state index contributed by atoms with van der Waals surface area (Å²) >= 11 is 0. The molecule has 4 heteroatoms. The molecule has 1 aliphatic rings. The fourth-order valence-electron chi connectivity index (χ4n) is 2.72. The van der Waals surface area contributed by atoms with Gasteiger partial charge >= 0.3 is 0 Å². The molecule has 0 bridgehead atoms. The van der Waals surface area contributed by atoms with Crippen LogP contribution >= 0.6 is 0 Å². The number of rotatable bonds is 4. The van der Waals surface area contributed by atoms with E-state index in [1.54, 1.807) is 4.90 Å². The van der Waals surface area contributed by atoms with Crippen LogP contribution in [0.3, 0.4) is 0 Å². The molecule has 1 fully saturated rings. The number of nitriles is 1. The molecule has 0 aliphatic carbocycles. The van der Waals surface area contributed by atoms with Gasteiger partial charge in [0.2, 0.25) is 5.91 Å². The lowest BCUT2D eigenvalue weighted by Gasteiger charge is -2.33. The van der Waals surface area contributed by atoms with Crippen LogP contribution < -0.4 is 4.90 Å². The van der Waals surface area contributed by atoms with Crippen LogP contribution in [0.15, 0.2) is 30.3 Å². The lowest BCUT2D eigenvalue weighted by molar-refractivity contribution is -0.123. The van der Waals surface area contributed by atoms with E-state index in [0.717, 1.165) is 38.2 Å². The Morgan fingerprint density at radius 2 is 2.20 bits per heavy atom. The number of nitrogens with zero attached hydrogens (tertiary/aromatic N) is 3. The molecule has 1 aromatic carbocycles. The Labute approximate surface area is 120 Å². The number of carbonyl (C=O) groups excluding carboxylic acids is 1. The van der Waals surface area contributed by atoms with Crippen molar-refractivity contribution in [2.75, 3.05) is 31.6 Å². The first-order valence-electron chi connectivity index (χ1n) is 7.14. The second-order valence-corrected chi connectivity index (χ2v) is 5.28. The number of anilines is 1. The maximum absolute atomic E-state index is 12.6. The molecule has 1 unspecified atom stereocenters. The molecular weight excluding hydrogens is 250 g/mol. The molecule has 1 aliphatic heterocycles.